The molecular formula is C19H24N2O2. The molecule has 4 heteroatoms. The molecule has 0 saturated carbocycles. The van der Waals surface area contributed by atoms with Crippen molar-refractivity contribution in [1.82, 2.24) is 5.32 Å². The summed E-state index contributed by atoms with van der Waals surface area (Å²) in [6, 6.07) is 11.8. The highest BCUT2D eigenvalue weighted by Gasteiger charge is 2.05. The number of carbonyl (C=O) groups is 1. The number of rotatable bonds is 5. The van der Waals surface area contributed by atoms with E-state index < -0.39 is 0 Å². The molecule has 0 fully saturated rings. The maximum absolute atomic E-state index is 11.9. The van der Waals surface area contributed by atoms with Crippen molar-refractivity contribution >= 4 is 11.7 Å². The summed E-state index contributed by atoms with van der Waals surface area (Å²) < 4.78 is 5.77. The third kappa shape index (κ3) is 4.74. The van der Waals surface area contributed by atoms with E-state index in [1.807, 2.05) is 64.1 Å². The number of anilines is 1. The molecule has 0 unspecified atom stereocenters. The molecule has 2 amide bonds. The molecule has 0 saturated heterocycles. The van der Waals surface area contributed by atoms with Crippen LogP contribution in [0, 0.1) is 27.7 Å². The summed E-state index contributed by atoms with van der Waals surface area (Å²) in [5, 5.41) is 5.66. The molecular weight excluding hydrogens is 288 g/mol. The average Bonchev–Trinajstić information content (AvgIpc) is 2.49. The number of aryl methyl sites for hydroxylation is 4. The second-order valence-electron chi connectivity index (χ2n) is 5.77. The van der Waals surface area contributed by atoms with Crippen LogP contribution in [0.2, 0.25) is 0 Å². The molecule has 0 radical (unpaired) electrons. The van der Waals surface area contributed by atoms with Gasteiger partial charge in [0.15, 0.2) is 0 Å². The molecule has 0 aliphatic rings. The molecule has 0 bridgehead atoms. The van der Waals surface area contributed by atoms with Crippen molar-refractivity contribution in [3.8, 4) is 5.75 Å². The summed E-state index contributed by atoms with van der Waals surface area (Å²) >= 11 is 0. The molecule has 2 aromatic rings. The van der Waals surface area contributed by atoms with Gasteiger partial charge in [0.2, 0.25) is 0 Å². The summed E-state index contributed by atoms with van der Waals surface area (Å²) in [7, 11) is 0. The highest BCUT2D eigenvalue weighted by molar-refractivity contribution is 5.90. The Morgan fingerprint density at radius 3 is 2.35 bits per heavy atom. The van der Waals surface area contributed by atoms with Gasteiger partial charge in [-0.1, -0.05) is 35.9 Å². The van der Waals surface area contributed by atoms with Crippen molar-refractivity contribution in [2.24, 2.45) is 0 Å². The van der Waals surface area contributed by atoms with Gasteiger partial charge in [0.25, 0.3) is 0 Å². The lowest BCUT2D eigenvalue weighted by atomic mass is 10.1. The lowest BCUT2D eigenvalue weighted by Gasteiger charge is -2.13. The van der Waals surface area contributed by atoms with Gasteiger partial charge in [-0.15, -0.1) is 0 Å². The van der Waals surface area contributed by atoms with E-state index in [2.05, 4.69) is 10.6 Å². The van der Waals surface area contributed by atoms with Gasteiger partial charge in [-0.05, 0) is 50.5 Å². The van der Waals surface area contributed by atoms with Gasteiger partial charge in [0.1, 0.15) is 12.4 Å². The fourth-order valence-corrected chi connectivity index (χ4v) is 2.46. The normalized spacial score (nSPS) is 10.3. The lowest BCUT2D eigenvalue weighted by Crippen LogP contribution is -2.32. The van der Waals surface area contributed by atoms with E-state index in [4.69, 9.17) is 4.74 Å². The monoisotopic (exact) mass is 312 g/mol. The maximum Gasteiger partial charge on any atom is 0.319 e. The molecule has 2 rings (SSSR count). The van der Waals surface area contributed by atoms with Gasteiger partial charge in [-0.2, -0.15) is 0 Å². The molecule has 2 N–H and O–H groups in total. The first-order valence-corrected chi connectivity index (χ1v) is 7.78. The Labute approximate surface area is 137 Å². The predicted octanol–water partition coefficient (Wildman–Crippen LogP) is 4.12. The van der Waals surface area contributed by atoms with Gasteiger partial charge in [0, 0.05) is 5.69 Å². The number of hydrogen-bond acceptors (Lipinski definition) is 2. The Hall–Kier alpha value is -2.49. The smallest absolute Gasteiger partial charge is 0.319 e. The third-order valence-corrected chi connectivity index (χ3v) is 3.67. The molecule has 4 nitrogen and oxygen atoms in total. The fraction of sp³-hybridized carbons (Fsp3) is 0.316. The number of ether oxygens (including phenoxy) is 1. The van der Waals surface area contributed by atoms with E-state index >= 15 is 0 Å². The van der Waals surface area contributed by atoms with Crippen molar-refractivity contribution in [3.05, 3.63) is 58.7 Å². The SMILES string of the molecule is Cc1ccc(NC(=O)NCCOc2c(C)cccc2C)c(C)c1. The Morgan fingerprint density at radius 1 is 1.00 bits per heavy atom. The molecule has 0 heterocycles. The molecule has 0 atom stereocenters. The predicted molar refractivity (Wildman–Crippen MR) is 94.3 cm³/mol. The van der Waals surface area contributed by atoms with Crippen molar-refractivity contribution in [2.45, 2.75) is 27.7 Å². The minimum Gasteiger partial charge on any atom is -0.491 e. The van der Waals surface area contributed by atoms with Crippen LogP contribution in [0.1, 0.15) is 22.3 Å². The average molecular weight is 312 g/mol. The van der Waals surface area contributed by atoms with E-state index in [0.717, 1.165) is 28.1 Å². The van der Waals surface area contributed by atoms with E-state index in [0.29, 0.717) is 13.2 Å². The quantitative estimate of drug-likeness (QED) is 0.816. The van der Waals surface area contributed by atoms with E-state index in [9.17, 15) is 4.79 Å². The van der Waals surface area contributed by atoms with Crippen LogP contribution in [0.25, 0.3) is 0 Å². The van der Waals surface area contributed by atoms with Crippen LogP contribution in [-0.2, 0) is 0 Å². The number of carbonyl (C=O) groups excluding carboxylic acids is 1. The van der Waals surface area contributed by atoms with Crippen LogP contribution in [-0.4, -0.2) is 19.2 Å². The Kier molecular flexibility index (Phi) is 5.63. The summed E-state index contributed by atoms with van der Waals surface area (Å²) in [6.07, 6.45) is 0. The molecule has 23 heavy (non-hydrogen) atoms. The first-order chi connectivity index (χ1) is 11.0. The van der Waals surface area contributed by atoms with Crippen molar-refractivity contribution in [3.63, 3.8) is 0 Å². The topological polar surface area (TPSA) is 50.4 Å². The zero-order chi connectivity index (χ0) is 16.8. The number of amides is 2. The number of nitrogens with one attached hydrogen (secondary N) is 2. The maximum atomic E-state index is 11.9. The summed E-state index contributed by atoms with van der Waals surface area (Å²) in [6.45, 7) is 8.93. The molecule has 122 valence electrons. The number of benzene rings is 2. The van der Waals surface area contributed by atoms with Gasteiger partial charge in [-0.3, -0.25) is 0 Å². The zero-order valence-corrected chi connectivity index (χ0v) is 14.2. The van der Waals surface area contributed by atoms with E-state index in [1.165, 1.54) is 5.56 Å². The number of para-hydroxylation sites is 1. The standard InChI is InChI=1S/C19H24N2O2/c1-13-8-9-17(16(4)12-13)21-19(22)20-10-11-23-18-14(2)6-5-7-15(18)3/h5-9,12H,10-11H2,1-4H3,(H2,20,21,22). The first kappa shape index (κ1) is 16.9. The fourth-order valence-electron chi connectivity index (χ4n) is 2.46. The van der Waals surface area contributed by atoms with E-state index in [1.54, 1.807) is 0 Å². The van der Waals surface area contributed by atoms with Gasteiger partial charge < -0.3 is 15.4 Å². The third-order valence-electron chi connectivity index (χ3n) is 3.67. The van der Waals surface area contributed by atoms with Crippen molar-refractivity contribution in [2.75, 3.05) is 18.5 Å². The van der Waals surface area contributed by atoms with Gasteiger partial charge in [-0.25, -0.2) is 4.79 Å². The number of urea groups is 1. The lowest BCUT2D eigenvalue weighted by molar-refractivity contribution is 0.247. The molecule has 0 aliphatic carbocycles. The van der Waals surface area contributed by atoms with Crippen LogP contribution in [0.4, 0.5) is 10.5 Å². The van der Waals surface area contributed by atoms with Gasteiger partial charge >= 0.3 is 6.03 Å². The van der Waals surface area contributed by atoms with Gasteiger partial charge in [0.05, 0.1) is 6.54 Å². The minimum atomic E-state index is -0.220. The van der Waals surface area contributed by atoms with E-state index in [-0.39, 0.29) is 6.03 Å². The Morgan fingerprint density at radius 2 is 1.70 bits per heavy atom. The van der Waals surface area contributed by atoms with Crippen LogP contribution >= 0.6 is 0 Å². The minimum absolute atomic E-state index is 0.220. The summed E-state index contributed by atoms with van der Waals surface area (Å²) in [4.78, 5) is 11.9. The van der Waals surface area contributed by atoms with Crippen LogP contribution in [0.15, 0.2) is 36.4 Å². The van der Waals surface area contributed by atoms with Crippen LogP contribution in [0.5, 0.6) is 5.75 Å². The highest BCUT2D eigenvalue weighted by atomic mass is 16.5. The van der Waals surface area contributed by atoms with Crippen molar-refractivity contribution < 1.29 is 9.53 Å². The molecule has 0 spiro atoms. The van der Waals surface area contributed by atoms with Crippen molar-refractivity contribution in [1.29, 1.82) is 0 Å². The second-order valence-corrected chi connectivity index (χ2v) is 5.77. The largest absolute Gasteiger partial charge is 0.491 e. The summed E-state index contributed by atoms with van der Waals surface area (Å²) in [5.41, 5.74) is 5.25. The molecule has 2 aromatic carbocycles. The van der Waals surface area contributed by atoms with Crippen LogP contribution < -0.4 is 15.4 Å². The second kappa shape index (κ2) is 7.68. The molecule has 0 aromatic heterocycles. The summed E-state index contributed by atoms with van der Waals surface area (Å²) in [5.74, 6) is 0.893. The zero-order valence-electron chi connectivity index (χ0n) is 14.2. The molecule has 0 aliphatic heterocycles. The highest BCUT2D eigenvalue weighted by Crippen LogP contribution is 2.22. The first-order valence-electron chi connectivity index (χ1n) is 7.78. The number of hydrogen-bond donors (Lipinski definition) is 2. The Balaban J connectivity index is 1.79. The van der Waals surface area contributed by atoms with Crippen LogP contribution in [0.3, 0.4) is 0 Å². The Bertz CT molecular complexity index is 676.